The van der Waals surface area contributed by atoms with Gasteiger partial charge in [-0.1, -0.05) is 109 Å². The van der Waals surface area contributed by atoms with Crippen molar-refractivity contribution in [1.29, 1.82) is 0 Å². The van der Waals surface area contributed by atoms with Gasteiger partial charge in [0.1, 0.15) is 33.7 Å². The second-order valence-electron chi connectivity index (χ2n) is 12.3. The van der Waals surface area contributed by atoms with Crippen molar-refractivity contribution in [2.45, 2.75) is 19.8 Å². The Kier molecular flexibility index (Phi) is 8.49. The molecule has 50 heavy (non-hydrogen) atoms. The second-order valence-corrected chi connectivity index (χ2v) is 12.3. The fourth-order valence-corrected chi connectivity index (χ4v) is 6.80. The van der Waals surface area contributed by atoms with E-state index in [1.54, 1.807) is 0 Å². The van der Waals surface area contributed by atoms with Crippen molar-refractivity contribution in [3.8, 4) is 22.3 Å². The van der Waals surface area contributed by atoms with Gasteiger partial charge >= 0.3 is 0 Å². The summed E-state index contributed by atoms with van der Waals surface area (Å²) in [6, 6.07) is 44.2. The molecule has 0 unspecified atom stereocenters. The van der Waals surface area contributed by atoms with Crippen molar-refractivity contribution < 1.29 is 23.1 Å². The van der Waals surface area contributed by atoms with Gasteiger partial charge in [-0.25, -0.2) is 4.89 Å². The van der Waals surface area contributed by atoms with E-state index in [-0.39, 0.29) is 0 Å². The number of fused-ring (bicyclic) bond motifs is 9. The van der Waals surface area contributed by atoms with Crippen molar-refractivity contribution in [3.05, 3.63) is 150 Å². The van der Waals surface area contributed by atoms with Crippen LogP contribution in [0.25, 0.3) is 83.2 Å². The first-order chi connectivity index (χ1) is 24.6. The zero-order valence-corrected chi connectivity index (χ0v) is 27.8. The van der Waals surface area contributed by atoms with Gasteiger partial charge < -0.3 is 13.3 Å². The first-order valence-electron chi connectivity index (χ1n) is 16.6. The monoisotopic (exact) mass is 657 g/mol. The zero-order valence-electron chi connectivity index (χ0n) is 27.8. The minimum absolute atomic E-state index is 0.842. The highest BCUT2D eigenvalue weighted by Gasteiger charge is 2.23. The largest absolute Gasteiger partial charge is 0.460 e. The third kappa shape index (κ3) is 5.76. The summed E-state index contributed by atoms with van der Waals surface area (Å²) in [5, 5.41) is 5.52. The van der Waals surface area contributed by atoms with E-state index in [0.29, 0.717) is 0 Å². The summed E-state index contributed by atoms with van der Waals surface area (Å²) in [6.07, 6.45) is 6.37. The molecule has 0 aliphatic heterocycles. The van der Waals surface area contributed by atoms with Crippen molar-refractivity contribution in [1.82, 2.24) is 0 Å². The van der Waals surface area contributed by atoms with E-state index in [1.807, 2.05) is 36.4 Å². The molecule has 6 aromatic carbocycles. The summed E-state index contributed by atoms with van der Waals surface area (Å²) < 4.78 is 19.4. The van der Waals surface area contributed by atoms with Crippen LogP contribution in [0.4, 0.5) is 0 Å². The molecule has 0 amide bonds. The Morgan fingerprint density at radius 3 is 1.86 bits per heavy atom. The van der Waals surface area contributed by atoms with E-state index in [0.717, 1.165) is 84.6 Å². The lowest BCUT2D eigenvalue weighted by atomic mass is 9.95. The maximum atomic E-state index is 6.64. The van der Waals surface area contributed by atoms with Gasteiger partial charge in [-0.3, -0.25) is 0 Å². The molecule has 246 valence electrons. The molecule has 9 aromatic rings. The Labute approximate surface area is 288 Å². The molecule has 6 heteroatoms. The SMILES string of the molecule is C1=Cc2c(oc3ccc(-c4c5oc6ccccc6c5cc5c4oc4ccc(-c6ccccc6)cc45)cc23)CC1.COON.Cc1ccccc1. The smallest absolute Gasteiger partial charge is 0.147 e. The zero-order chi connectivity index (χ0) is 34.0. The quantitative estimate of drug-likeness (QED) is 0.150. The van der Waals surface area contributed by atoms with Crippen LogP contribution in [0.3, 0.4) is 0 Å². The van der Waals surface area contributed by atoms with Gasteiger partial charge in [-0.15, -0.1) is 4.99 Å². The molecule has 10 rings (SSSR count). The van der Waals surface area contributed by atoms with Crippen LogP contribution in [0.15, 0.2) is 147 Å². The van der Waals surface area contributed by atoms with Gasteiger partial charge in [0.15, 0.2) is 0 Å². The van der Waals surface area contributed by atoms with E-state index in [1.165, 1.54) is 29.4 Å². The predicted molar refractivity (Wildman–Crippen MR) is 202 cm³/mol. The van der Waals surface area contributed by atoms with Crippen LogP contribution in [-0.4, -0.2) is 7.11 Å². The van der Waals surface area contributed by atoms with Gasteiger partial charge in [-0.2, -0.15) is 5.90 Å². The number of rotatable bonds is 3. The van der Waals surface area contributed by atoms with Crippen molar-refractivity contribution in [2.24, 2.45) is 5.90 Å². The fraction of sp³-hybridized carbons (Fsp3) is 0.0909. The topological polar surface area (TPSA) is 83.9 Å². The molecule has 0 spiro atoms. The number of allylic oxidation sites excluding steroid dienone is 1. The molecule has 3 heterocycles. The molecular formula is C44H35NO5. The molecule has 0 saturated heterocycles. The Morgan fingerprint density at radius 2 is 1.16 bits per heavy atom. The van der Waals surface area contributed by atoms with E-state index in [9.17, 15) is 0 Å². The summed E-state index contributed by atoms with van der Waals surface area (Å²) >= 11 is 0. The number of aryl methyl sites for hydroxylation is 2. The summed E-state index contributed by atoms with van der Waals surface area (Å²) in [7, 11) is 1.33. The number of benzene rings is 6. The normalized spacial score (nSPS) is 12.2. The van der Waals surface area contributed by atoms with Crippen LogP contribution in [0.1, 0.15) is 23.3 Å². The van der Waals surface area contributed by atoms with Crippen LogP contribution in [-0.2, 0) is 16.3 Å². The number of furan rings is 3. The third-order valence-electron chi connectivity index (χ3n) is 9.16. The summed E-state index contributed by atoms with van der Waals surface area (Å²) in [4.78, 5) is 7.36. The van der Waals surface area contributed by atoms with Crippen LogP contribution < -0.4 is 5.90 Å². The van der Waals surface area contributed by atoms with Crippen molar-refractivity contribution in [2.75, 3.05) is 7.11 Å². The van der Waals surface area contributed by atoms with Crippen molar-refractivity contribution >= 4 is 60.9 Å². The fourth-order valence-electron chi connectivity index (χ4n) is 6.80. The molecule has 1 aliphatic rings. The average Bonchev–Trinajstić information content (AvgIpc) is 3.85. The Balaban J connectivity index is 0.000000285. The van der Waals surface area contributed by atoms with E-state index >= 15 is 0 Å². The Morgan fingerprint density at radius 1 is 0.560 bits per heavy atom. The summed E-state index contributed by atoms with van der Waals surface area (Å²) in [5.41, 5.74) is 11.2. The highest BCUT2D eigenvalue weighted by molar-refractivity contribution is 6.22. The van der Waals surface area contributed by atoms with Gasteiger partial charge in [0, 0.05) is 38.9 Å². The van der Waals surface area contributed by atoms with Crippen molar-refractivity contribution in [3.63, 3.8) is 0 Å². The second kappa shape index (κ2) is 13.5. The molecule has 0 fully saturated rings. The Bertz CT molecular complexity index is 2630. The maximum absolute atomic E-state index is 6.64. The van der Waals surface area contributed by atoms with Crippen LogP contribution >= 0.6 is 0 Å². The van der Waals surface area contributed by atoms with Gasteiger partial charge in [0.05, 0.1) is 12.7 Å². The lowest BCUT2D eigenvalue weighted by Gasteiger charge is -2.06. The summed E-state index contributed by atoms with van der Waals surface area (Å²) in [5.74, 6) is 5.37. The highest BCUT2D eigenvalue weighted by atomic mass is 17.3. The molecule has 0 bridgehead atoms. The molecule has 3 aromatic heterocycles. The minimum atomic E-state index is 0.842. The Hall–Kier alpha value is -5.92. The highest BCUT2D eigenvalue weighted by Crippen LogP contribution is 2.46. The van der Waals surface area contributed by atoms with Crippen LogP contribution in [0, 0.1) is 6.92 Å². The predicted octanol–water partition coefficient (Wildman–Crippen LogP) is 12.0. The molecule has 2 N–H and O–H groups in total. The number of hydrogen-bond acceptors (Lipinski definition) is 6. The molecule has 0 radical (unpaired) electrons. The number of para-hydroxylation sites is 1. The molecular weight excluding hydrogens is 622 g/mol. The van der Waals surface area contributed by atoms with E-state index in [4.69, 9.17) is 13.3 Å². The van der Waals surface area contributed by atoms with Gasteiger partial charge in [-0.05, 0) is 66.4 Å². The van der Waals surface area contributed by atoms with Crippen LogP contribution in [0.5, 0.6) is 0 Å². The van der Waals surface area contributed by atoms with E-state index < -0.39 is 0 Å². The first kappa shape index (κ1) is 31.4. The van der Waals surface area contributed by atoms with E-state index in [2.05, 4.69) is 126 Å². The lowest BCUT2D eigenvalue weighted by molar-refractivity contribution is -0.277. The third-order valence-corrected chi connectivity index (χ3v) is 9.16. The molecule has 0 saturated carbocycles. The molecule has 1 aliphatic carbocycles. The average molecular weight is 658 g/mol. The van der Waals surface area contributed by atoms with Gasteiger partial charge in [0.25, 0.3) is 0 Å². The minimum Gasteiger partial charge on any atom is -0.460 e. The first-order valence-corrected chi connectivity index (χ1v) is 16.6. The number of hydrogen-bond donors (Lipinski definition) is 1. The lowest BCUT2D eigenvalue weighted by Crippen LogP contribution is -1.93. The molecule has 6 nitrogen and oxygen atoms in total. The maximum Gasteiger partial charge on any atom is 0.147 e. The van der Waals surface area contributed by atoms with Crippen LogP contribution in [0.2, 0.25) is 0 Å². The standard InChI is InChI=1S/C36H22O3.C7H8.CH5NO2/c1-2-8-21(9-3-1)22-14-16-33-27(18-22)29-20-28-25-11-5-7-13-31(25)38-35(28)34(36(29)39-33)23-15-17-32-26(19-23)24-10-4-6-12-30(24)37-32;1-7-5-3-2-4-6-7;1-3-4-2/h1-5,7-11,13-20H,6,12H2;2-6H,1H3;2H2,1H3. The van der Waals surface area contributed by atoms with Gasteiger partial charge in [0.2, 0.25) is 0 Å². The molecule has 0 atom stereocenters. The number of nitrogens with two attached hydrogens (primary N) is 1. The summed E-state index contributed by atoms with van der Waals surface area (Å²) in [6.45, 7) is 2.08.